The molecule has 6 heteroatoms. The van der Waals surface area contributed by atoms with E-state index in [4.69, 9.17) is 33.2 Å². The highest BCUT2D eigenvalue weighted by Crippen LogP contribution is 2.20. The van der Waals surface area contributed by atoms with Gasteiger partial charge in [0, 0.05) is 0 Å². The van der Waals surface area contributed by atoms with E-state index in [2.05, 4.69) is 0 Å². The summed E-state index contributed by atoms with van der Waals surface area (Å²) >= 11 is 16.4. The Morgan fingerprint density at radius 3 is 1.57 bits per heavy atom. The van der Waals surface area contributed by atoms with E-state index < -0.39 is 6.16 Å². The first kappa shape index (κ1) is 8.11. The van der Waals surface area contributed by atoms with E-state index >= 15 is 0 Å². The molecule has 1 nitrogen and oxygen atoms in total. The van der Waals surface area contributed by atoms with Gasteiger partial charge in [0.25, 0.3) is 0 Å². The summed E-state index contributed by atoms with van der Waals surface area (Å²) in [6.07, 6.45) is -2.48. The molecule has 42 valence electrons. The molecule has 0 fully saturated rings. The smallest absolute Gasteiger partial charge is 0.338 e. The monoisotopic (exact) mass is 175 g/mol. The predicted octanol–water partition coefficient (Wildman–Crippen LogP) is 0.618. The van der Waals surface area contributed by atoms with Crippen LogP contribution in [-0.2, 0) is 0 Å². The van der Waals surface area contributed by atoms with Crippen LogP contribution in [-0.4, -0.2) is 25.7 Å². The van der Waals surface area contributed by atoms with Crippen LogP contribution in [0.15, 0.2) is 0 Å². The normalized spacial score (nSPS) is 12.7. The molecule has 7 heavy (non-hydrogen) atoms. The van der Waals surface area contributed by atoms with Gasteiger partial charge >= 0.3 is 6.16 Å². The van der Waals surface area contributed by atoms with Gasteiger partial charge in [-0.05, 0) is 7.05 Å². The fourth-order valence-corrected chi connectivity index (χ4v) is 0. The molecule has 0 aliphatic rings. The zero-order valence-corrected chi connectivity index (χ0v) is 7.35. The summed E-state index contributed by atoms with van der Waals surface area (Å²) in [6, 6.07) is 0. The zero-order chi connectivity index (χ0) is 6.08. The number of hydrogen-bond acceptors (Lipinski definition) is 1. The number of halogens is 3. The van der Waals surface area contributed by atoms with Gasteiger partial charge in [0.05, 0.1) is 0 Å². The van der Waals surface area contributed by atoms with Gasteiger partial charge in [-0.1, -0.05) is 0 Å². The van der Waals surface area contributed by atoms with Crippen molar-refractivity contribution in [2.24, 2.45) is 0 Å². The van der Waals surface area contributed by atoms with Gasteiger partial charge in [0.15, 0.2) is 7.98 Å². The average molecular weight is 176 g/mol. The number of hydrogen-bond donors (Lipinski definition) is 0. The Morgan fingerprint density at radius 1 is 1.43 bits per heavy atom. The first-order valence-corrected chi connectivity index (χ1v) is 6.67. The summed E-state index contributed by atoms with van der Waals surface area (Å²) < 4.78 is 1.62. The van der Waals surface area contributed by atoms with E-state index in [9.17, 15) is 0 Å². The lowest BCUT2D eigenvalue weighted by molar-refractivity contribution is 0.870. The summed E-state index contributed by atoms with van der Waals surface area (Å²) in [5.74, 6) is 0. The van der Waals surface area contributed by atoms with Crippen LogP contribution in [0.25, 0.3) is 0 Å². The van der Waals surface area contributed by atoms with Gasteiger partial charge in [0.2, 0.25) is 0 Å². The maximum atomic E-state index is 5.46. The van der Waals surface area contributed by atoms with Crippen molar-refractivity contribution in [3.05, 3.63) is 0 Å². The molecule has 0 amide bonds. The van der Waals surface area contributed by atoms with Crippen LogP contribution in [0, 0.1) is 0 Å². The third kappa shape index (κ3) is 3.67. The lowest BCUT2D eigenvalue weighted by Gasteiger charge is -2.15. The van der Waals surface area contributed by atoms with Crippen LogP contribution in [0.3, 0.4) is 0 Å². The third-order valence-corrected chi connectivity index (χ3v) is 4.56. The predicted molar refractivity (Wildman–Crippen MR) is 39.6 cm³/mol. The van der Waals surface area contributed by atoms with E-state index in [-0.39, 0.29) is 0 Å². The minimum atomic E-state index is -2.48. The van der Waals surface area contributed by atoms with Crippen LogP contribution >= 0.6 is 33.2 Å². The highest BCUT2D eigenvalue weighted by molar-refractivity contribution is 7.64. The average Bonchev–Trinajstić information content (AvgIpc) is 1.31. The van der Waals surface area contributed by atoms with Crippen molar-refractivity contribution in [2.45, 2.75) is 0 Å². The lowest BCUT2D eigenvalue weighted by atomic mass is 10.5. The Morgan fingerprint density at radius 2 is 1.57 bits per heavy atom. The summed E-state index contributed by atoms with van der Waals surface area (Å²) in [5, 5.41) is 0. The maximum Gasteiger partial charge on any atom is 0.412 e. The lowest BCUT2D eigenvalue weighted by Crippen LogP contribution is -2.34. The molecule has 0 aromatic carbocycles. The number of nitrogens with zero attached hydrogens (tertiary/aromatic N) is 1. The minimum Gasteiger partial charge on any atom is -0.338 e. The molecule has 0 aliphatic carbocycles. The highest BCUT2D eigenvalue weighted by atomic mass is 35.8. The Balaban J connectivity index is 3.54. The Labute approximate surface area is 59.2 Å². The molecular formula is CH5BCl3NSi. The zero-order valence-electron chi connectivity index (χ0n) is 4.08. The molecule has 0 aromatic rings. The molecule has 0 atom stereocenters. The van der Waals surface area contributed by atoms with Gasteiger partial charge < -0.3 is 4.48 Å². The molecule has 0 aromatic heterocycles. The third-order valence-electron chi connectivity index (χ3n) is 0.507. The quantitative estimate of drug-likeness (QED) is 0.418. The molecule has 0 spiro atoms. The standard InChI is InChI=1S/CH5BCl3NSi/c1-6(2)7(3,4)5/h2H2,1H3. The van der Waals surface area contributed by atoms with Gasteiger partial charge in [-0.25, -0.2) is 0 Å². The van der Waals surface area contributed by atoms with Crippen LogP contribution in [0.1, 0.15) is 0 Å². The van der Waals surface area contributed by atoms with Crippen molar-refractivity contribution in [1.29, 1.82) is 0 Å². The molecule has 0 aliphatic heterocycles. The Kier molecular flexibility index (Phi) is 3.01. The van der Waals surface area contributed by atoms with Crippen molar-refractivity contribution < 1.29 is 0 Å². The van der Waals surface area contributed by atoms with Crippen LogP contribution in [0.2, 0.25) is 0 Å². The topological polar surface area (TPSA) is 3.24 Å². The van der Waals surface area contributed by atoms with E-state index in [1.54, 1.807) is 19.5 Å². The SMILES string of the molecule is BN(C)[Si](Cl)(Cl)Cl. The summed E-state index contributed by atoms with van der Waals surface area (Å²) in [5.41, 5.74) is 0. The van der Waals surface area contributed by atoms with Crippen molar-refractivity contribution in [2.75, 3.05) is 7.05 Å². The fraction of sp³-hybridized carbons (Fsp3) is 1.00. The van der Waals surface area contributed by atoms with Crippen molar-refractivity contribution >= 4 is 47.4 Å². The number of rotatable bonds is 1. The van der Waals surface area contributed by atoms with Crippen molar-refractivity contribution in [3.63, 3.8) is 0 Å². The highest BCUT2D eigenvalue weighted by Gasteiger charge is 2.27. The van der Waals surface area contributed by atoms with Crippen molar-refractivity contribution in [1.82, 2.24) is 4.48 Å². The molecular weight excluding hydrogens is 171 g/mol. The van der Waals surface area contributed by atoms with E-state index in [0.717, 1.165) is 0 Å². The second-order valence-electron chi connectivity index (χ2n) is 1.36. The molecule has 0 heterocycles. The minimum absolute atomic E-state index is 1.62. The first-order valence-electron chi connectivity index (χ1n) is 1.68. The van der Waals surface area contributed by atoms with E-state index in [1.807, 2.05) is 0 Å². The maximum absolute atomic E-state index is 5.46. The van der Waals surface area contributed by atoms with E-state index in [0.29, 0.717) is 0 Å². The molecule has 0 bridgehead atoms. The van der Waals surface area contributed by atoms with Crippen LogP contribution in [0.4, 0.5) is 0 Å². The molecule has 0 N–H and O–H groups in total. The van der Waals surface area contributed by atoms with Crippen molar-refractivity contribution in [3.8, 4) is 0 Å². The van der Waals surface area contributed by atoms with Gasteiger partial charge in [-0.15, -0.1) is 33.2 Å². The molecule has 0 saturated carbocycles. The van der Waals surface area contributed by atoms with Gasteiger partial charge in [-0.3, -0.25) is 0 Å². The molecule has 0 rings (SSSR count). The molecule has 0 radical (unpaired) electrons. The fourth-order valence-electron chi connectivity index (χ4n) is 0. The van der Waals surface area contributed by atoms with Crippen LogP contribution < -0.4 is 0 Å². The van der Waals surface area contributed by atoms with Crippen LogP contribution in [0.5, 0.6) is 0 Å². The summed E-state index contributed by atoms with van der Waals surface area (Å²) in [6.45, 7) is 0. The van der Waals surface area contributed by atoms with E-state index in [1.165, 1.54) is 0 Å². The van der Waals surface area contributed by atoms with Gasteiger partial charge in [0.1, 0.15) is 0 Å². The second-order valence-corrected chi connectivity index (χ2v) is 9.86. The molecule has 0 saturated heterocycles. The summed E-state index contributed by atoms with van der Waals surface area (Å²) in [4.78, 5) is 0. The second kappa shape index (κ2) is 2.60. The first-order chi connectivity index (χ1) is 2.94. The summed E-state index contributed by atoms with van der Waals surface area (Å²) in [7, 11) is 3.50. The Hall–Kier alpha value is 1.11. The largest absolute Gasteiger partial charge is 0.412 e. The Bertz CT molecular complexity index is 60.4. The van der Waals surface area contributed by atoms with Gasteiger partial charge in [-0.2, -0.15) is 0 Å². The molecule has 0 unspecified atom stereocenters.